The molecule has 1 aromatic rings. The van der Waals surface area contributed by atoms with Crippen LogP contribution >= 0.6 is 15.9 Å². The Morgan fingerprint density at radius 2 is 2.24 bits per heavy atom. The summed E-state index contributed by atoms with van der Waals surface area (Å²) < 4.78 is 0.945. The molecule has 0 aromatic carbocycles. The van der Waals surface area contributed by atoms with Crippen molar-refractivity contribution >= 4 is 27.4 Å². The molecule has 2 rings (SSSR count). The first kappa shape index (κ1) is 12.7. The molecule has 1 aliphatic rings. The van der Waals surface area contributed by atoms with Crippen molar-refractivity contribution in [3.63, 3.8) is 0 Å². The van der Waals surface area contributed by atoms with E-state index in [4.69, 9.17) is 5.73 Å². The molecule has 2 unspecified atom stereocenters. The van der Waals surface area contributed by atoms with Crippen LogP contribution in [0.5, 0.6) is 0 Å². The van der Waals surface area contributed by atoms with Crippen LogP contribution in [0.3, 0.4) is 0 Å². The fourth-order valence-corrected chi connectivity index (χ4v) is 3.01. The van der Waals surface area contributed by atoms with E-state index >= 15 is 0 Å². The summed E-state index contributed by atoms with van der Waals surface area (Å²) in [6.45, 7) is 3.37. The van der Waals surface area contributed by atoms with Gasteiger partial charge < -0.3 is 11.1 Å². The van der Waals surface area contributed by atoms with Crippen molar-refractivity contribution in [2.45, 2.75) is 32.6 Å². The van der Waals surface area contributed by atoms with Crippen molar-refractivity contribution in [3.8, 4) is 0 Å². The van der Waals surface area contributed by atoms with Gasteiger partial charge in [0.1, 0.15) is 5.82 Å². The largest absolute Gasteiger partial charge is 0.397 e. The molecule has 1 fully saturated rings. The fraction of sp³-hybridized carbons (Fsp3) is 0.615. The second kappa shape index (κ2) is 5.71. The number of hydrogen-bond donors (Lipinski definition) is 2. The zero-order valence-electron chi connectivity index (χ0n) is 10.2. The maximum atomic E-state index is 5.67. The van der Waals surface area contributed by atoms with Crippen LogP contribution in [0.4, 0.5) is 11.5 Å². The number of pyridine rings is 1. The third kappa shape index (κ3) is 3.35. The third-order valence-electron chi connectivity index (χ3n) is 3.68. The number of nitrogens with one attached hydrogen (secondary N) is 1. The Morgan fingerprint density at radius 3 is 2.94 bits per heavy atom. The summed E-state index contributed by atoms with van der Waals surface area (Å²) in [6, 6.07) is 1.89. The summed E-state index contributed by atoms with van der Waals surface area (Å²) >= 11 is 3.48. The second-order valence-corrected chi connectivity index (χ2v) is 5.86. The van der Waals surface area contributed by atoms with Gasteiger partial charge in [-0.05, 0) is 40.3 Å². The van der Waals surface area contributed by atoms with E-state index in [2.05, 4.69) is 33.2 Å². The van der Waals surface area contributed by atoms with Gasteiger partial charge in [-0.3, -0.25) is 0 Å². The topological polar surface area (TPSA) is 50.9 Å². The Kier molecular flexibility index (Phi) is 4.26. The summed E-state index contributed by atoms with van der Waals surface area (Å²) in [6.07, 6.45) is 7.15. The Bertz CT molecular complexity index is 381. The zero-order chi connectivity index (χ0) is 12.3. The van der Waals surface area contributed by atoms with Gasteiger partial charge >= 0.3 is 0 Å². The molecule has 1 saturated carbocycles. The van der Waals surface area contributed by atoms with E-state index in [0.29, 0.717) is 5.69 Å². The minimum absolute atomic E-state index is 0.688. The molecule has 0 radical (unpaired) electrons. The van der Waals surface area contributed by atoms with Gasteiger partial charge in [0, 0.05) is 6.54 Å². The average molecular weight is 298 g/mol. The zero-order valence-corrected chi connectivity index (χ0v) is 11.8. The maximum Gasteiger partial charge on any atom is 0.140 e. The van der Waals surface area contributed by atoms with E-state index in [0.717, 1.165) is 28.7 Å². The Balaban J connectivity index is 1.92. The Labute approximate surface area is 111 Å². The Hall–Kier alpha value is -0.770. The molecule has 0 spiro atoms. The van der Waals surface area contributed by atoms with Crippen molar-refractivity contribution in [1.29, 1.82) is 0 Å². The van der Waals surface area contributed by atoms with Gasteiger partial charge in [0.25, 0.3) is 0 Å². The number of hydrogen-bond acceptors (Lipinski definition) is 3. The highest BCUT2D eigenvalue weighted by Gasteiger charge is 2.21. The van der Waals surface area contributed by atoms with Crippen molar-refractivity contribution in [1.82, 2.24) is 4.98 Å². The van der Waals surface area contributed by atoms with Gasteiger partial charge in [-0.1, -0.05) is 26.2 Å². The maximum absolute atomic E-state index is 5.67. The van der Waals surface area contributed by atoms with Gasteiger partial charge in [0.05, 0.1) is 16.4 Å². The smallest absolute Gasteiger partial charge is 0.140 e. The fourth-order valence-electron chi connectivity index (χ4n) is 2.51. The van der Waals surface area contributed by atoms with Gasteiger partial charge in [-0.15, -0.1) is 0 Å². The number of nitrogen functional groups attached to an aromatic ring is 1. The van der Waals surface area contributed by atoms with E-state index in [1.165, 1.54) is 25.7 Å². The quantitative estimate of drug-likeness (QED) is 0.895. The highest BCUT2D eigenvalue weighted by molar-refractivity contribution is 9.10. The van der Waals surface area contributed by atoms with Gasteiger partial charge in [-0.2, -0.15) is 0 Å². The standard InChI is InChI=1S/C13H20BrN3/c1-9-4-2-3-5-10(9)7-16-13-12(14)6-11(15)8-17-13/h6,8-10H,2-5,7,15H2,1H3,(H,16,17). The lowest BCUT2D eigenvalue weighted by atomic mass is 9.80. The summed E-state index contributed by atoms with van der Waals surface area (Å²) in [5.74, 6) is 2.50. The van der Waals surface area contributed by atoms with Crippen LogP contribution < -0.4 is 11.1 Å². The molecule has 2 atom stereocenters. The van der Waals surface area contributed by atoms with E-state index < -0.39 is 0 Å². The molecule has 3 N–H and O–H groups in total. The number of rotatable bonds is 3. The molecule has 4 heteroatoms. The van der Waals surface area contributed by atoms with Crippen LogP contribution in [0.15, 0.2) is 16.7 Å². The average Bonchev–Trinajstić information content (AvgIpc) is 2.30. The van der Waals surface area contributed by atoms with Crippen molar-refractivity contribution < 1.29 is 0 Å². The van der Waals surface area contributed by atoms with E-state index in [1.54, 1.807) is 6.20 Å². The summed E-state index contributed by atoms with van der Waals surface area (Å²) in [7, 11) is 0. The number of nitrogens with zero attached hydrogens (tertiary/aromatic N) is 1. The lowest BCUT2D eigenvalue weighted by Crippen LogP contribution is -2.24. The molecule has 0 aliphatic heterocycles. The molecule has 0 amide bonds. The molecule has 1 heterocycles. The highest BCUT2D eigenvalue weighted by Crippen LogP contribution is 2.30. The van der Waals surface area contributed by atoms with Gasteiger partial charge in [-0.25, -0.2) is 4.98 Å². The number of halogens is 1. The SMILES string of the molecule is CC1CCCCC1CNc1ncc(N)cc1Br. The molecule has 1 aromatic heterocycles. The minimum Gasteiger partial charge on any atom is -0.397 e. The van der Waals surface area contributed by atoms with E-state index in [9.17, 15) is 0 Å². The molecular weight excluding hydrogens is 278 g/mol. The first-order valence-electron chi connectivity index (χ1n) is 6.31. The lowest BCUT2D eigenvalue weighted by molar-refractivity contribution is 0.268. The van der Waals surface area contributed by atoms with E-state index in [1.807, 2.05) is 6.07 Å². The van der Waals surface area contributed by atoms with Crippen molar-refractivity contribution in [2.24, 2.45) is 11.8 Å². The minimum atomic E-state index is 0.688. The van der Waals surface area contributed by atoms with Crippen LogP contribution in [0.1, 0.15) is 32.6 Å². The van der Waals surface area contributed by atoms with Crippen molar-refractivity contribution in [2.75, 3.05) is 17.6 Å². The summed E-state index contributed by atoms with van der Waals surface area (Å²) in [5, 5.41) is 3.43. The number of nitrogens with two attached hydrogens (primary N) is 1. The van der Waals surface area contributed by atoms with E-state index in [-0.39, 0.29) is 0 Å². The molecular formula is C13H20BrN3. The number of anilines is 2. The molecule has 3 nitrogen and oxygen atoms in total. The predicted molar refractivity (Wildman–Crippen MR) is 76.0 cm³/mol. The highest BCUT2D eigenvalue weighted by atomic mass is 79.9. The first-order chi connectivity index (χ1) is 8.16. The van der Waals surface area contributed by atoms with Crippen molar-refractivity contribution in [3.05, 3.63) is 16.7 Å². The second-order valence-electron chi connectivity index (χ2n) is 5.00. The molecule has 1 aliphatic carbocycles. The van der Waals surface area contributed by atoms with Gasteiger partial charge in [0.2, 0.25) is 0 Å². The Morgan fingerprint density at radius 1 is 1.47 bits per heavy atom. The van der Waals surface area contributed by atoms with Crippen LogP contribution in [-0.2, 0) is 0 Å². The molecule has 0 saturated heterocycles. The number of aromatic nitrogens is 1. The van der Waals surface area contributed by atoms with Gasteiger partial charge in [0.15, 0.2) is 0 Å². The normalized spacial score (nSPS) is 24.6. The molecule has 94 valence electrons. The monoisotopic (exact) mass is 297 g/mol. The van der Waals surface area contributed by atoms with Crippen LogP contribution in [-0.4, -0.2) is 11.5 Å². The van der Waals surface area contributed by atoms with Crippen LogP contribution in [0.25, 0.3) is 0 Å². The molecule has 17 heavy (non-hydrogen) atoms. The third-order valence-corrected chi connectivity index (χ3v) is 4.29. The summed E-state index contributed by atoms with van der Waals surface area (Å²) in [4.78, 5) is 4.30. The lowest BCUT2D eigenvalue weighted by Gasteiger charge is -2.29. The van der Waals surface area contributed by atoms with Crippen LogP contribution in [0, 0.1) is 11.8 Å². The first-order valence-corrected chi connectivity index (χ1v) is 7.11. The summed E-state index contributed by atoms with van der Waals surface area (Å²) in [5.41, 5.74) is 6.36. The van der Waals surface area contributed by atoms with Crippen LogP contribution in [0.2, 0.25) is 0 Å². The predicted octanol–water partition coefficient (Wildman–Crippen LogP) is 3.66. The molecule has 0 bridgehead atoms.